The van der Waals surface area contributed by atoms with Gasteiger partial charge in [-0.25, -0.2) is 0 Å². The van der Waals surface area contributed by atoms with Gasteiger partial charge < -0.3 is 15.0 Å². The van der Waals surface area contributed by atoms with Crippen molar-refractivity contribution in [1.29, 1.82) is 0 Å². The maximum absolute atomic E-state index is 12.6. The average molecular weight is 291 g/mol. The first-order valence-corrected chi connectivity index (χ1v) is 7.68. The second-order valence-electron chi connectivity index (χ2n) is 5.65. The second kappa shape index (κ2) is 7.41. The molecule has 1 aliphatic heterocycles. The molecule has 0 aliphatic carbocycles. The van der Waals surface area contributed by atoms with Crippen molar-refractivity contribution in [2.75, 3.05) is 26.7 Å². The molecule has 0 bridgehead atoms. The summed E-state index contributed by atoms with van der Waals surface area (Å²) in [4.78, 5) is 18.6. The first-order chi connectivity index (χ1) is 10.2. The molecule has 116 valence electrons. The number of nitrogens with zero attached hydrogens (tertiary/aromatic N) is 2. The van der Waals surface area contributed by atoms with Crippen molar-refractivity contribution < 1.29 is 9.53 Å². The van der Waals surface area contributed by atoms with Crippen LogP contribution >= 0.6 is 0 Å². The molecule has 0 radical (unpaired) electrons. The summed E-state index contributed by atoms with van der Waals surface area (Å²) in [5.41, 5.74) is 0.597. The Bertz CT molecular complexity index is 478. The van der Waals surface area contributed by atoms with Gasteiger partial charge in [0.25, 0.3) is 5.91 Å². The molecule has 0 saturated carbocycles. The summed E-state index contributed by atoms with van der Waals surface area (Å²) in [6.45, 7) is 6.99. The molecule has 2 heterocycles. The molecule has 2 atom stereocenters. The Labute approximate surface area is 126 Å². The SMILES string of the molecule is CCCNC1CCN(C(=O)c2ccncc2OC)CC1C. The van der Waals surface area contributed by atoms with Crippen molar-refractivity contribution in [3.63, 3.8) is 0 Å². The lowest BCUT2D eigenvalue weighted by Gasteiger charge is -2.37. The fourth-order valence-electron chi connectivity index (χ4n) is 2.85. The van der Waals surface area contributed by atoms with Gasteiger partial charge in [-0.15, -0.1) is 0 Å². The number of ether oxygens (including phenoxy) is 1. The highest BCUT2D eigenvalue weighted by molar-refractivity contribution is 5.96. The molecule has 1 aliphatic rings. The van der Waals surface area contributed by atoms with E-state index >= 15 is 0 Å². The molecule has 1 N–H and O–H groups in total. The number of nitrogens with one attached hydrogen (secondary N) is 1. The largest absolute Gasteiger partial charge is 0.494 e. The van der Waals surface area contributed by atoms with E-state index in [1.807, 2.05) is 4.90 Å². The summed E-state index contributed by atoms with van der Waals surface area (Å²) in [6, 6.07) is 2.24. The number of hydrogen-bond acceptors (Lipinski definition) is 4. The second-order valence-corrected chi connectivity index (χ2v) is 5.65. The van der Waals surface area contributed by atoms with Gasteiger partial charge in [0, 0.05) is 25.3 Å². The minimum Gasteiger partial charge on any atom is -0.494 e. The molecule has 21 heavy (non-hydrogen) atoms. The van der Waals surface area contributed by atoms with Crippen molar-refractivity contribution in [1.82, 2.24) is 15.2 Å². The van der Waals surface area contributed by atoms with E-state index < -0.39 is 0 Å². The van der Waals surface area contributed by atoms with Crippen LogP contribution in [0.5, 0.6) is 5.75 Å². The van der Waals surface area contributed by atoms with E-state index in [0.29, 0.717) is 23.3 Å². The average Bonchev–Trinajstić information content (AvgIpc) is 2.53. The predicted molar refractivity (Wildman–Crippen MR) is 82.6 cm³/mol. The number of methoxy groups -OCH3 is 1. The lowest BCUT2D eigenvalue weighted by atomic mass is 9.93. The Morgan fingerprint density at radius 2 is 2.38 bits per heavy atom. The third-order valence-electron chi connectivity index (χ3n) is 4.08. The third kappa shape index (κ3) is 3.73. The standard InChI is InChI=1S/C16H25N3O2/c1-4-7-18-14-6-9-19(11-12(14)2)16(20)13-5-8-17-10-15(13)21-3/h5,8,10,12,14,18H,4,6-7,9,11H2,1-3H3. The van der Waals surface area contributed by atoms with Crippen LogP contribution in [-0.4, -0.2) is 48.6 Å². The molecule has 1 amide bonds. The van der Waals surface area contributed by atoms with Gasteiger partial charge in [-0.1, -0.05) is 13.8 Å². The van der Waals surface area contributed by atoms with Gasteiger partial charge in [0.1, 0.15) is 5.75 Å². The van der Waals surface area contributed by atoms with Crippen LogP contribution in [0, 0.1) is 5.92 Å². The highest BCUT2D eigenvalue weighted by atomic mass is 16.5. The first-order valence-electron chi connectivity index (χ1n) is 7.68. The minimum absolute atomic E-state index is 0.0371. The van der Waals surface area contributed by atoms with Gasteiger partial charge >= 0.3 is 0 Å². The molecule has 1 aromatic heterocycles. The van der Waals surface area contributed by atoms with Crippen molar-refractivity contribution in [2.24, 2.45) is 5.92 Å². The van der Waals surface area contributed by atoms with Gasteiger partial charge in [0.05, 0.1) is 18.9 Å². The summed E-state index contributed by atoms with van der Waals surface area (Å²) >= 11 is 0. The third-order valence-corrected chi connectivity index (χ3v) is 4.08. The Hall–Kier alpha value is -1.62. The van der Waals surface area contributed by atoms with Gasteiger partial charge in [-0.05, 0) is 31.4 Å². The van der Waals surface area contributed by atoms with E-state index in [0.717, 1.165) is 32.5 Å². The van der Waals surface area contributed by atoms with Crippen LogP contribution < -0.4 is 10.1 Å². The zero-order valence-electron chi connectivity index (χ0n) is 13.1. The summed E-state index contributed by atoms with van der Waals surface area (Å²) < 4.78 is 5.24. The number of aromatic nitrogens is 1. The number of carbonyl (C=O) groups excluding carboxylic acids is 1. The molecule has 5 nitrogen and oxygen atoms in total. The van der Waals surface area contributed by atoms with Crippen LogP contribution in [0.1, 0.15) is 37.0 Å². The Balaban J connectivity index is 2.02. The number of piperidine rings is 1. The van der Waals surface area contributed by atoms with Crippen LogP contribution in [0.3, 0.4) is 0 Å². The number of amides is 1. The van der Waals surface area contributed by atoms with Crippen molar-refractivity contribution in [3.05, 3.63) is 24.0 Å². The number of pyridine rings is 1. The van der Waals surface area contributed by atoms with Crippen LogP contribution in [-0.2, 0) is 0 Å². The zero-order valence-corrected chi connectivity index (χ0v) is 13.1. The topological polar surface area (TPSA) is 54.5 Å². The molecule has 1 aromatic rings. The van der Waals surface area contributed by atoms with Gasteiger partial charge in [0.15, 0.2) is 0 Å². The number of likely N-dealkylation sites (tertiary alicyclic amines) is 1. The Morgan fingerprint density at radius 3 is 3.05 bits per heavy atom. The lowest BCUT2D eigenvalue weighted by Crippen LogP contribution is -2.50. The molecule has 2 rings (SSSR count). The maximum atomic E-state index is 12.6. The van der Waals surface area contributed by atoms with Crippen molar-refractivity contribution in [3.8, 4) is 5.75 Å². The Morgan fingerprint density at radius 1 is 1.57 bits per heavy atom. The summed E-state index contributed by atoms with van der Waals surface area (Å²) in [6.07, 6.45) is 5.36. The van der Waals surface area contributed by atoms with E-state index in [9.17, 15) is 4.79 Å². The molecule has 1 saturated heterocycles. The number of carbonyl (C=O) groups is 1. The lowest BCUT2D eigenvalue weighted by molar-refractivity contribution is 0.0642. The fourth-order valence-corrected chi connectivity index (χ4v) is 2.85. The van der Waals surface area contributed by atoms with Gasteiger partial charge in [0.2, 0.25) is 0 Å². The van der Waals surface area contributed by atoms with E-state index in [1.54, 1.807) is 25.6 Å². The summed E-state index contributed by atoms with van der Waals surface area (Å²) in [7, 11) is 1.57. The minimum atomic E-state index is 0.0371. The first kappa shape index (κ1) is 15.8. The van der Waals surface area contributed by atoms with Crippen LogP contribution in [0.25, 0.3) is 0 Å². The van der Waals surface area contributed by atoms with Gasteiger partial charge in [-0.2, -0.15) is 0 Å². The maximum Gasteiger partial charge on any atom is 0.257 e. The number of hydrogen-bond donors (Lipinski definition) is 1. The highest BCUT2D eigenvalue weighted by Gasteiger charge is 2.29. The fraction of sp³-hybridized carbons (Fsp3) is 0.625. The summed E-state index contributed by atoms with van der Waals surface area (Å²) in [5.74, 6) is 1.04. The van der Waals surface area contributed by atoms with Crippen LogP contribution in [0.4, 0.5) is 0 Å². The van der Waals surface area contributed by atoms with E-state index in [4.69, 9.17) is 4.74 Å². The Kier molecular flexibility index (Phi) is 5.56. The monoisotopic (exact) mass is 291 g/mol. The molecule has 0 spiro atoms. The predicted octanol–water partition coefficient (Wildman–Crippen LogP) is 1.94. The van der Waals surface area contributed by atoms with E-state index in [-0.39, 0.29) is 5.91 Å². The van der Waals surface area contributed by atoms with E-state index in [2.05, 4.69) is 24.1 Å². The molecule has 2 unspecified atom stereocenters. The van der Waals surface area contributed by atoms with Crippen LogP contribution in [0.15, 0.2) is 18.5 Å². The molecule has 5 heteroatoms. The van der Waals surface area contributed by atoms with Crippen molar-refractivity contribution >= 4 is 5.91 Å². The van der Waals surface area contributed by atoms with Crippen LogP contribution in [0.2, 0.25) is 0 Å². The number of rotatable bonds is 5. The summed E-state index contributed by atoms with van der Waals surface area (Å²) in [5, 5.41) is 3.57. The smallest absolute Gasteiger partial charge is 0.257 e. The van der Waals surface area contributed by atoms with Gasteiger partial charge in [-0.3, -0.25) is 9.78 Å². The molecular weight excluding hydrogens is 266 g/mol. The quantitative estimate of drug-likeness (QED) is 0.901. The van der Waals surface area contributed by atoms with Crippen molar-refractivity contribution in [2.45, 2.75) is 32.7 Å². The highest BCUT2D eigenvalue weighted by Crippen LogP contribution is 2.22. The normalized spacial score (nSPS) is 22.1. The zero-order chi connectivity index (χ0) is 15.2. The molecule has 1 fully saturated rings. The molecular formula is C16H25N3O2. The molecule has 0 aromatic carbocycles. The van der Waals surface area contributed by atoms with E-state index in [1.165, 1.54) is 0 Å².